The van der Waals surface area contributed by atoms with Crippen LogP contribution in [0.15, 0.2) is 48.6 Å². The minimum atomic E-state index is -5.37. The summed E-state index contributed by atoms with van der Waals surface area (Å²) in [5, 5.41) is 50.5. The molecule has 0 saturated heterocycles. The molecule has 1 rings (SSSR count). The Balaban J connectivity index is 2.64. The zero-order valence-corrected chi connectivity index (χ0v) is 39.9. The van der Waals surface area contributed by atoms with E-state index in [0.29, 0.717) is 25.7 Å². The van der Waals surface area contributed by atoms with Crippen LogP contribution in [0.2, 0.25) is 0 Å². The molecule has 1 aliphatic rings. The van der Waals surface area contributed by atoms with Crippen LogP contribution in [0.5, 0.6) is 0 Å². The molecule has 1 saturated carbocycles. The Labute approximate surface area is 380 Å². The molecule has 64 heavy (non-hydrogen) atoms. The Morgan fingerprint density at radius 1 is 0.562 bits per heavy atom. The van der Waals surface area contributed by atoms with Gasteiger partial charge in [-0.25, -0.2) is 9.13 Å². The number of esters is 2. The second-order valence-electron chi connectivity index (χ2n) is 16.4. The lowest BCUT2D eigenvalue weighted by Crippen LogP contribution is -2.64. The molecule has 0 radical (unpaired) electrons. The number of ether oxygens (including phenoxy) is 2. The molecule has 0 aromatic carbocycles. The molecular formula is C45H80O17P2. The maximum atomic E-state index is 13.0. The second kappa shape index (κ2) is 36.0. The number of hydrogen-bond acceptors (Lipinski definition) is 14. The van der Waals surface area contributed by atoms with Crippen LogP contribution in [0.1, 0.15) is 162 Å². The molecule has 0 heterocycles. The van der Waals surface area contributed by atoms with Gasteiger partial charge >= 0.3 is 27.6 Å². The molecule has 9 atom stereocenters. The summed E-state index contributed by atoms with van der Waals surface area (Å²) in [7, 11) is -10.7. The summed E-state index contributed by atoms with van der Waals surface area (Å²) in [5.41, 5.74) is 0. The number of phosphoric acid groups is 2. The largest absolute Gasteiger partial charge is 0.472 e. The van der Waals surface area contributed by atoms with E-state index >= 15 is 0 Å². The summed E-state index contributed by atoms with van der Waals surface area (Å²) in [4.78, 5) is 54.2. The maximum Gasteiger partial charge on any atom is 0.472 e. The van der Waals surface area contributed by atoms with Crippen LogP contribution in [0.25, 0.3) is 0 Å². The molecule has 19 heteroatoms. The topological polar surface area (TPSA) is 276 Å². The predicted octanol–water partition coefficient (Wildman–Crippen LogP) is 7.48. The molecule has 17 nitrogen and oxygen atoms in total. The molecular weight excluding hydrogens is 874 g/mol. The number of aliphatic hydroxyl groups is 5. The number of rotatable bonds is 38. The summed E-state index contributed by atoms with van der Waals surface area (Å²) in [6, 6.07) is 0. The van der Waals surface area contributed by atoms with Crippen molar-refractivity contribution in [3.63, 3.8) is 0 Å². The van der Waals surface area contributed by atoms with Crippen molar-refractivity contribution in [2.24, 2.45) is 0 Å². The van der Waals surface area contributed by atoms with Crippen molar-refractivity contribution < 1.29 is 82.0 Å². The first kappa shape index (κ1) is 59.9. The van der Waals surface area contributed by atoms with Crippen LogP contribution >= 0.6 is 15.6 Å². The minimum Gasteiger partial charge on any atom is -0.462 e. The first-order valence-electron chi connectivity index (χ1n) is 23.2. The van der Waals surface area contributed by atoms with Crippen LogP contribution in [-0.2, 0) is 41.8 Å². The molecule has 372 valence electrons. The van der Waals surface area contributed by atoms with Crippen molar-refractivity contribution in [1.29, 1.82) is 0 Å². The molecule has 0 bridgehead atoms. The van der Waals surface area contributed by atoms with Gasteiger partial charge in [-0.2, -0.15) is 0 Å². The highest BCUT2D eigenvalue weighted by Crippen LogP contribution is 2.49. The number of unbranched alkanes of at least 4 members (excludes halogenated alkanes) is 14. The normalized spacial score (nSPS) is 22.7. The Kier molecular flexibility index (Phi) is 33.7. The number of allylic oxidation sites excluding steroid dienone is 8. The highest BCUT2D eigenvalue weighted by Gasteiger charge is 2.54. The summed E-state index contributed by atoms with van der Waals surface area (Å²) in [6.07, 6.45) is 22.1. The quantitative estimate of drug-likeness (QED) is 0.0129. The van der Waals surface area contributed by atoms with Crippen molar-refractivity contribution in [2.45, 2.75) is 210 Å². The molecule has 1 aliphatic carbocycles. The first-order valence-corrected chi connectivity index (χ1v) is 26.2. The average Bonchev–Trinajstić information content (AvgIpc) is 3.23. The van der Waals surface area contributed by atoms with Gasteiger partial charge in [0.15, 0.2) is 6.10 Å². The van der Waals surface area contributed by atoms with E-state index in [9.17, 15) is 49.1 Å². The highest BCUT2D eigenvalue weighted by atomic mass is 31.2. The lowest BCUT2D eigenvalue weighted by molar-refractivity contribution is -0.216. The van der Waals surface area contributed by atoms with E-state index in [0.717, 1.165) is 57.8 Å². The van der Waals surface area contributed by atoms with Gasteiger partial charge in [-0.1, -0.05) is 133 Å². The van der Waals surface area contributed by atoms with E-state index in [1.165, 1.54) is 51.4 Å². The first-order chi connectivity index (χ1) is 30.5. The summed E-state index contributed by atoms with van der Waals surface area (Å²) in [5.74, 6) is -1.29. The van der Waals surface area contributed by atoms with Gasteiger partial charge in [-0.15, -0.1) is 0 Å². The van der Waals surface area contributed by atoms with E-state index in [1.54, 1.807) is 6.92 Å². The van der Waals surface area contributed by atoms with Crippen LogP contribution in [0.4, 0.5) is 0 Å². The minimum absolute atomic E-state index is 0.0434. The second-order valence-corrected chi connectivity index (χ2v) is 19.0. The van der Waals surface area contributed by atoms with E-state index in [2.05, 4.69) is 41.8 Å². The van der Waals surface area contributed by atoms with E-state index < -0.39 is 83.5 Å². The van der Waals surface area contributed by atoms with Crippen molar-refractivity contribution in [3.8, 4) is 0 Å². The predicted molar refractivity (Wildman–Crippen MR) is 243 cm³/mol. The van der Waals surface area contributed by atoms with Crippen LogP contribution in [-0.4, -0.2) is 114 Å². The average molecular weight is 955 g/mol. The van der Waals surface area contributed by atoms with E-state index in [1.807, 2.05) is 18.2 Å². The maximum absolute atomic E-state index is 13.0. The number of carbonyl (C=O) groups is 2. The number of phosphoric ester groups is 2. The fourth-order valence-electron chi connectivity index (χ4n) is 6.80. The van der Waals surface area contributed by atoms with Crippen LogP contribution in [0, 0.1) is 0 Å². The zero-order chi connectivity index (χ0) is 47.6. The van der Waals surface area contributed by atoms with Crippen molar-refractivity contribution >= 4 is 27.6 Å². The third kappa shape index (κ3) is 31.0. The van der Waals surface area contributed by atoms with Gasteiger partial charge in [0.25, 0.3) is 0 Å². The standard InChI is InChI=1S/C45H80O17P2/c1-3-4-5-6-7-8-9-13-17-20-23-26-29-32-38(47)58-34-37(35-59-64(56,57)62-45-42(51)40(49)41(50)44(43(45)52)61-63(53,54)55)60-39(48)33-30-27-24-21-18-15-12-10-11-14-16-19-22-25-28-31-36(2)46/h11-12,14-15,19,21-22,24,36-37,40-46,49-52H,3-10,13,16-18,20,23,25-35H2,1-2H3,(H,56,57)(H2,53,54,55)/b14-11-,15-12-,22-19-,24-21-/t36-,37+,40?,41?,42?,43?,44+,45-/m0/s1. The molecule has 5 unspecified atom stereocenters. The highest BCUT2D eigenvalue weighted by molar-refractivity contribution is 7.47. The van der Waals surface area contributed by atoms with Crippen molar-refractivity contribution in [3.05, 3.63) is 48.6 Å². The molecule has 0 amide bonds. The molecule has 0 aromatic rings. The fraction of sp³-hybridized carbons (Fsp3) is 0.778. The van der Waals surface area contributed by atoms with Gasteiger partial charge in [0.2, 0.25) is 0 Å². The SMILES string of the molecule is CCCCCCCCCCCCCCCC(=O)OC[C@H](COP(=O)(O)O[C@H]1C(O)C(O)C(O)[C@@H](OP(=O)(O)O)C1O)OC(=O)CCC/C=C\C/C=C\C/C=C\C/C=C\CCC[C@H](C)O. The van der Waals surface area contributed by atoms with Gasteiger partial charge < -0.3 is 49.7 Å². The lowest BCUT2D eigenvalue weighted by atomic mass is 9.85. The van der Waals surface area contributed by atoms with Gasteiger partial charge in [0.1, 0.15) is 43.2 Å². The molecule has 0 spiro atoms. The zero-order valence-electron chi connectivity index (χ0n) is 38.1. The molecule has 0 aromatic heterocycles. The Morgan fingerprint density at radius 3 is 1.52 bits per heavy atom. The monoisotopic (exact) mass is 954 g/mol. The molecule has 1 fully saturated rings. The molecule has 8 N–H and O–H groups in total. The summed E-state index contributed by atoms with van der Waals surface area (Å²) >= 11 is 0. The number of aliphatic hydroxyl groups excluding tert-OH is 5. The van der Waals surface area contributed by atoms with Crippen LogP contribution < -0.4 is 0 Å². The van der Waals surface area contributed by atoms with Gasteiger partial charge in [-0.05, 0) is 64.7 Å². The smallest absolute Gasteiger partial charge is 0.462 e. The summed E-state index contributed by atoms with van der Waals surface area (Å²) in [6.45, 7) is 2.61. The third-order valence-electron chi connectivity index (χ3n) is 10.4. The summed E-state index contributed by atoms with van der Waals surface area (Å²) < 4.78 is 49.2. The fourth-order valence-corrected chi connectivity index (χ4v) is 8.34. The number of carbonyl (C=O) groups excluding carboxylic acids is 2. The van der Waals surface area contributed by atoms with E-state index in [4.69, 9.17) is 28.3 Å². The van der Waals surface area contributed by atoms with Crippen LogP contribution in [0.3, 0.4) is 0 Å². The van der Waals surface area contributed by atoms with Gasteiger partial charge in [0, 0.05) is 12.8 Å². The van der Waals surface area contributed by atoms with E-state index in [-0.39, 0.29) is 18.9 Å². The Bertz CT molecular complexity index is 1450. The Hall–Kier alpha value is -2.08. The van der Waals surface area contributed by atoms with Gasteiger partial charge in [-0.3, -0.25) is 23.2 Å². The molecule has 0 aliphatic heterocycles. The number of hydrogen-bond donors (Lipinski definition) is 8. The van der Waals surface area contributed by atoms with Crippen molar-refractivity contribution in [1.82, 2.24) is 0 Å². The van der Waals surface area contributed by atoms with Gasteiger partial charge in [0.05, 0.1) is 12.7 Å². The third-order valence-corrected chi connectivity index (χ3v) is 11.9. The Morgan fingerprint density at radius 2 is 1.02 bits per heavy atom. The van der Waals surface area contributed by atoms with Crippen molar-refractivity contribution in [2.75, 3.05) is 13.2 Å². The lowest BCUT2D eigenvalue weighted by Gasteiger charge is -2.43.